The molecule has 0 heterocycles. The topological polar surface area (TPSA) is 63.6 Å². The van der Waals surface area contributed by atoms with Gasteiger partial charge in [0.15, 0.2) is 0 Å². The van der Waals surface area contributed by atoms with Gasteiger partial charge in [-0.3, -0.25) is 4.79 Å². The lowest BCUT2D eigenvalue weighted by Crippen LogP contribution is -2.22. The van der Waals surface area contributed by atoms with Gasteiger partial charge in [-0.25, -0.2) is 0 Å². The number of hydrogen-bond donors (Lipinski definition) is 1. The predicted molar refractivity (Wildman–Crippen MR) is 37.9 cm³/mol. The zero-order valence-electron chi connectivity index (χ0n) is 6.66. The second kappa shape index (κ2) is 4.85. The Balaban J connectivity index is 3.94. The first-order chi connectivity index (χ1) is 5.11. The molecular formula is C7H12O4. The Kier molecular flexibility index (Phi) is 4.45. The van der Waals surface area contributed by atoms with E-state index in [2.05, 4.69) is 4.74 Å². The van der Waals surface area contributed by atoms with Gasteiger partial charge in [-0.1, -0.05) is 0 Å². The summed E-state index contributed by atoms with van der Waals surface area (Å²) in [6, 6.07) is 0. The molecule has 0 spiro atoms. The van der Waals surface area contributed by atoms with E-state index in [1.807, 2.05) is 0 Å². The van der Waals surface area contributed by atoms with Crippen molar-refractivity contribution in [1.29, 1.82) is 0 Å². The number of esters is 1. The summed E-state index contributed by atoms with van der Waals surface area (Å²) in [7, 11) is 1.23. The fourth-order valence-corrected chi connectivity index (χ4v) is 0.736. The molecule has 0 saturated heterocycles. The molecule has 0 radical (unpaired) electrons. The molecule has 0 fully saturated rings. The standard InChI is InChI=1S/C7H12O4/c1-5(9)3-6(4-8)7(10)11-2/h6,8H,3-4H2,1-2H3. The van der Waals surface area contributed by atoms with Crippen molar-refractivity contribution in [1.82, 2.24) is 0 Å². The molecule has 1 unspecified atom stereocenters. The monoisotopic (exact) mass is 160 g/mol. The number of carbonyl (C=O) groups excluding carboxylic acids is 2. The molecule has 0 rings (SSSR count). The van der Waals surface area contributed by atoms with Crippen LogP contribution in [0, 0.1) is 5.92 Å². The summed E-state index contributed by atoms with van der Waals surface area (Å²) in [5.41, 5.74) is 0. The molecule has 1 N–H and O–H groups in total. The number of rotatable bonds is 4. The summed E-state index contributed by atoms with van der Waals surface area (Å²) < 4.78 is 4.35. The van der Waals surface area contributed by atoms with Gasteiger partial charge in [-0.05, 0) is 6.92 Å². The molecule has 0 aromatic rings. The van der Waals surface area contributed by atoms with Crippen LogP contribution >= 0.6 is 0 Å². The normalized spacial score (nSPS) is 12.3. The molecule has 0 saturated carbocycles. The highest BCUT2D eigenvalue weighted by Gasteiger charge is 2.19. The van der Waals surface area contributed by atoms with E-state index < -0.39 is 11.9 Å². The Morgan fingerprint density at radius 2 is 2.09 bits per heavy atom. The van der Waals surface area contributed by atoms with Crippen molar-refractivity contribution in [2.24, 2.45) is 5.92 Å². The number of aliphatic hydroxyl groups excluding tert-OH is 1. The van der Waals surface area contributed by atoms with Crippen LogP contribution in [0.2, 0.25) is 0 Å². The predicted octanol–water partition coefficient (Wildman–Crippen LogP) is -0.253. The number of ether oxygens (including phenoxy) is 1. The maximum absolute atomic E-state index is 10.7. The van der Waals surface area contributed by atoms with Crippen LogP contribution in [0.3, 0.4) is 0 Å². The quantitative estimate of drug-likeness (QED) is 0.576. The Morgan fingerprint density at radius 3 is 2.36 bits per heavy atom. The molecule has 0 amide bonds. The number of carbonyl (C=O) groups is 2. The molecule has 1 atom stereocenters. The van der Waals surface area contributed by atoms with Crippen LogP contribution in [0.5, 0.6) is 0 Å². The van der Waals surface area contributed by atoms with Gasteiger partial charge in [0, 0.05) is 6.42 Å². The van der Waals surface area contributed by atoms with Crippen molar-refractivity contribution in [2.45, 2.75) is 13.3 Å². The Hall–Kier alpha value is -0.900. The highest BCUT2D eigenvalue weighted by atomic mass is 16.5. The van der Waals surface area contributed by atoms with Gasteiger partial charge in [0.2, 0.25) is 0 Å². The van der Waals surface area contributed by atoms with Crippen LogP contribution in [-0.4, -0.2) is 30.6 Å². The third-order valence-corrected chi connectivity index (χ3v) is 1.29. The summed E-state index contributed by atoms with van der Waals surface area (Å²) in [5.74, 6) is -1.37. The highest BCUT2D eigenvalue weighted by molar-refractivity contribution is 5.82. The summed E-state index contributed by atoms with van der Waals surface area (Å²) in [6.45, 7) is 1.03. The molecule has 0 aliphatic rings. The van der Waals surface area contributed by atoms with Gasteiger partial charge in [0.05, 0.1) is 19.6 Å². The van der Waals surface area contributed by atoms with E-state index in [9.17, 15) is 9.59 Å². The summed E-state index contributed by atoms with van der Waals surface area (Å²) in [6.07, 6.45) is 0.0448. The van der Waals surface area contributed by atoms with Crippen LogP contribution in [0.15, 0.2) is 0 Å². The minimum atomic E-state index is -0.697. The maximum atomic E-state index is 10.7. The summed E-state index contributed by atoms with van der Waals surface area (Å²) in [4.78, 5) is 21.3. The van der Waals surface area contributed by atoms with Crippen molar-refractivity contribution in [3.63, 3.8) is 0 Å². The first-order valence-electron chi connectivity index (χ1n) is 3.30. The third-order valence-electron chi connectivity index (χ3n) is 1.29. The van der Waals surface area contributed by atoms with Crippen molar-refractivity contribution < 1.29 is 19.4 Å². The van der Waals surface area contributed by atoms with Crippen LogP contribution in [0.1, 0.15) is 13.3 Å². The van der Waals surface area contributed by atoms with Crippen molar-refractivity contribution in [3.05, 3.63) is 0 Å². The van der Waals surface area contributed by atoms with E-state index in [0.29, 0.717) is 0 Å². The minimum absolute atomic E-state index is 0.0448. The van der Waals surface area contributed by atoms with Gasteiger partial charge < -0.3 is 14.6 Å². The van der Waals surface area contributed by atoms with E-state index >= 15 is 0 Å². The Labute approximate surface area is 65.2 Å². The fraction of sp³-hybridized carbons (Fsp3) is 0.714. The zero-order chi connectivity index (χ0) is 8.85. The van der Waals surface area contributed by atoms with Gasteiger partial charge in [0.25, 0.3) is 0 Å². The van der Waals surface area contributed by atoms with E-state index in [4.69, 9.17) is 5.11 Å². The second-order valence-electron chi connectivity index (χ2n) is 2.31. The molecule has 0 aliphatic carbocycles. The number of methoxy groups -OCH3 is 1. The van der Waals surface area contributed by atoms with Gasteiger partial charge in [0.1, 0.15) is 5.78 Å². The molecule has 0 aromatic heterocycles. The van der Waals surface area contributed by atoms with E-state index in [-0.39, 0.29) is 18.8 Å². The van der Waals surface area contributed by atoms with Gasteiger partial charge in [-0.2, -0.15) is 0 Å². The highest BCUT2D eigenvalue weighted by Crippen LogP contribution is 2.04. The first kappa shape index (κ1) is 10.1. The van der Waals surface area contributed by atoms with Crippen LogP contribution in [0.25, 0.3) is 0 Å². The molecule has 11 heavy (non-hydrogen) atoms. The van der Waals surface area contributed by atoms with Crippen molar-refractivity contribution in [3.8, 4) is 0 Å². The van der Waals surface area contributed by atoms with Gasteiger partial charge in [-0.15, -0.1) is 0 Å². The molecule has 64 valence electrons. The lowest BCUT2D eigenvalue weighted by Gasteiger charge is -2.08. The molecule has 0 bridgehead atoms. The number of ketones is 1. The zero-order valence-corrected chi connectivity index (χ0v) is 6.66. The third kappa shape index (κ3) is 3.72. The molecular weight excluding hydrogens is 148 g/mol. The van der Waals surface area contributed by atoms with Gasteiger partial charge >= 0.3 is 5.97 Å². The lowest BCUT2D eigenvalue weighted by molar-refractivity contribution is -0.148. The minimum Gasteiger partial charge on any atom is -0.469 e. The number of aliphatic hydroxyl groups is 1. The van der Waals surface area contributed by atoms with Crippen molar-refractivity contribution >= 4 is 11.8 Å². The molecule has 0 aliphatic heterocycles. The van der Waals surface area contributed by atoms with E-state index in [0.717, 1.165) is 0 Å². The largest absolute Gasteiger partial charge is 0.469 e. The smallest absolute Gasteiger partial charge is 0.311 e. The van der Waals surface area contributed by atoms with E-state index in [1.165, 1.54) is 14.0 Å². The first-order valence-corrected chi connectivity index (χ1v) is 3.30. The Bertz CT molecular complexity index is 153. The number of hydrogen-bond acceptors (Lipinski definition) is 4. The SMILES string of the molecule is COC(=O)C(CO)CC(C)=O. The maximum Gasteiger partial charge on any atom is 0.311 e. The average Bonchev–Trinajstić information content (AvgIpc) is 1.98. The summed E-state index contributed by atoms with van der Waals surface area (Å²) in [5, 5.41) is 8.62. The molecule has 0 aromatic carbocycles. The lowest BCUT2D eigenvalue weighted by atomic mass is 10.1. The average molecular weight is 160 g/mol. The van der Waals surface area contributed by atoms with Crippen molar-refractivity contribution in [2.75, 3.05) is 13.7 Å². The van der Waals surface area contributed by atoms with E-state index in [1.54, 1.807) is 0 Å². The van der Waals surface area contributed by atoms with Crippen LogP contribution < -0.4 is 0 Å². The fourth-order valence-electron chi connectivity index (χ4n) is 0.736. The second-order valence-corrected chi connectivity index (χ2v) is 2.31. The molecule has 4 heteroatoms. The summed E-state index contributed by atoms with van der Waals surface area (Å²) >= 11 is 0. The van der Waals surface area contributed by atoms with Crippen LogP contribution in [0.4, 0.5) is 0 Å². The van der Waals surface area contributed by atoms with Crippen LogP contribution in [-0.2, 0) is 14.3 Å². The molecule has 4 nitrogen and oxygen atoms in total. The number of Topliss-reactive ketones (excluding diaryl/α,β-unsaturated/α-hetero) is 1. The Morgan fingerprint density at radius 1 is 1.55 bits per heavy atom.